The molecule has 0 N–H and O–H groups in total. The number of rotatable bonds is 6. The molecule has 8 aromatic rings. The molecule has 0 saturated heterocycles. The number of allylic oxidation sites excluding steroid dienone is 8. The first-order chi connectivity index (χ1) is 25.8. The Kier molecular flexibility index (Phi) is 7.32. The fourth-order valence-corrected chi connectivity index (χ4v) is 8.19. The predicted molar refractivity (Wildman–Crippen MR) is 221 cm³/mol. The lowest BCUT2D eigenvalue weighted by atomic mass is 9.79. The Morgan fingerprint density at radius 3 is 2.00 bits per heavy atom. The summed E-state index contributed by atoms with van der Waals surface area (Å²) in [6.07, 6.45) is 12.6. The Hall–Kier alpha value is -6.64. The second-order valence-electron chi connectivity index (χ2n) is 13.8. The van der Waals surface area contributed by atoms with Crippen LogP contribution in [0.5, 0.6) is 0 Å². The van der Waals surface area contributed by atoms with Gasteiger partial charge in [0.25, 0.3) is 0 Å². The van der Waals surface area contributed by atoms with Crippen LogP contribution < -0.4 is 4.90 Å². The first kappa shape index (κ1) is 30.2. The van der Waals surface area contributed by atoms with Gasteiger partial charge < -0.3 is 9.47 Å². The summed E-state index contributed by atoms with van der Waals surface area (Å²) in [5.41, 5.74) is 13.5. The molecule has 0 spiro atoms. The highest BCUT2D eigenvalue weighted by molar-refractivity contribution is 6.11. The van der Waals surface area contributed by atoms with E-state index in [0.717, 1.165) is 23.5 Å². The van der Waals surface area contributed by atoms with E-state index in [0.29, 0.717) is 5.92 Å². The quantitative estimate of drug-likeness (QED) is 0.172. The zero-order valence-corrected chi connectivity index (χ0v) is 28.7. The molecule has 0 saturated carbocycles. The minimum atomic E-state index is 0.310. The number of benzene rings is 7. The third-order valence-corrected chi connectivity index (χ3v) is 10.7. The standard InChI is InChI=1S/C50H36N2/c1-4-14-35(15-5-1)39-26-24-36-25-27-40(31-41(36)30-39)46-32-37-16-10-11-17-38(37)33-50(46)51(42-18-6-2-7-19-42)44-28-29-49-47(34-44)45-22-12-13-23-48(45)52(49)43-20-8-3-9-21-43/h1-30,32-34,41H,31H2. The van der Waals surface area contributed by atoms with Crippen LogP contribution in [0.2, 0.25) is 0 Å². The van der Waals surface area contributed by atoms with Crippen molar-refractivity contribution in [3.63, 3.8) is 0 Å². The van der Waals surface area contributed by atoms with Crippen LogP contribution in [-0.4, -0.2) is 4.57 Å². The highest BCUT2D eigenvalue weighted by Gasteiger charge is 2.25. The molecule has 1 unspecified atom stereocenters. The maximum absolute atomic E-state index is 2.46. The van der Waals surface area contributed by atoms with Gasteiger partial charge in [-0.05, 0) is 100 Å². The van der Waals surface area contributed by atoms with E-state index in [1.165, 1.54) is 66.1 Å². The summed E-state index contributed by atoms with van der Waals surface area (Å²) in [6.45, 7) is 0. The van der Waals surface area contributed by atoms with Crippen molar-refractivity contribution >= 4 is 60.8 Å². The molecule has 1 heterocycles. The van der Waals surface area contributed by atoms with Crippen molar-refractivity contribution in [3.8, 4) is 5.69 Å². The van der Waals surface area contributed by atoms with Gasteiger partial charge in [0, 0.05) is 39.3 Å². The molecule has 2 heteroatoms. The Morgan fingerprint density at radius 2 is 1.19 bits per heavy atom. The van der Waals surface area contributed by atoms with Gasteiger partial charge in [-0.1, -0.05) is 140 Å². The van der Waals surface area contributed by atoms with Gasteiger partial charge in [0.2, 0.25) is 0 Å². The third kappa shape index (κ3) is 5.20. The van der Waals surface area contributed by atoms with Crippen molar-refractivity contribution in [1.82, 2.24) is 4.57 Å². The maximum Gasteiger partial charge on any atom is 0.0543 e. The van der Waals surface area contributed by atoms with Crippen molar-refractivity contribution in [2.45, 2.75) is 6.42 Å². The van der Waals surface area contributed by atoms with Crippen LogP contribution in [0.1, 0.15) is 17.5 Å². The molecule has 52 heavy (non-hydrogen) atoms. The molecule has 0 radical (unpaired) electrons. The Morgan fingerprint density at radius 1 is 0.519 bits per heavy atom. The molecule has 0 aliphatic heterocycles. The van der Waals surface area contributed by atoms with Crippen LogP contribution in [0.4, 0.5) is 17.1 Å². The van der Waals surface area contributed by atoms with Crippen molar-refractivity contribution in [2.75, 3.05) is 4.90 Å². The third-order valence-electron chi connectivity index (χ3n) is 10.7. The van der Waals surface area contributed by atoms with E-state index in [1.807, 2.05) is 0 Å². The second kappa shape index (κ2) is 12.6. The van der Waals surface area contributed by atoms with Crippen molar-refractivity contribution in [3.05, 3.63) is 217 Å². The molecular formula is C50H36N2. The minimum Gasteiger partial charge on any atom is -0.310 e. The van der Waals surface area contributed by atoms with Crippen LogP contribution in [0.15, 0.2) is 206 Å². The number of fused-ring (bicyclic) bond motifs is 5. The molecule has 1 atom stereocenters. The molecule has 2 nitrogen and oxygen atoms in total. The normalized spacial score (nSPS) is 15.3. The summed E-state index contributed by atoms with van der Waals surface area (Å²) < 4.78 is 2.38. The van der Waals surface area contributed by atoms with Gasteiger partial charge >= 0.3 is 0 Å². The van der Waals surface area contributed by atoms with Gasteiger partial charge in [-0.25, -0.2) is 0 Å². The van der Waals surface area contributed by atoms with E-state index >= 15 is 0 Å². The van der Waals surface area contributed by atoms with E-state index in [4.69, 9.17) is 0 Å². The van der Waals surface area contributed by atoms with Crippen LogP contribution in [0.25, 0.3) is 49.4 Å². The van der Waals surface area contributed by atoms with Crippen LogP contribution in [-0.2, 0) is 0 Å². The lowest BCUT2D eigenvalue weighted by Crippen LogP contribution is -2.14. The summed E-state index contributed by atoms with van der Waals surface area (Å²) in [4.78, 5) is 2.46. The lowest BCUT2D eigenvalue weighted by molar-refractivity contribution is 0.795. The number of nitrogens with zero attached hydrogens (tertiary/aromatic N) is 2. The zero-order chi connectivity index (χ0) is 34.4. The summed E-state index contributed by atoms with van der Waals surface area (Å²) in [5.74, 6) is 0.310. The Balaban J connectivity index is 1.17. The largest absolute Gasteiger partial charge is 0.310 e. The summed E-state index contributed by atoms with van der Waals surface area (Å²) in [5, 5.41) is 4.95. The summed E-state index contributed by atoms with van der Waals surface area (Å²) in [6, 6.07) is 61.6. The van der Waals surface area contributed by atoms with Gasteiger partial charge in [0.15, 0.2) is 0 Å². The smallest absolute Gasteiger partial charge is 0.0543 e. The fraction of sp³-hybridized carbons (Fsp3) is 0.0400. The predicted octanol–water partition coefficient (Wildman–Crippen LogP) is 13.4. The molecule has 0 bridgehead atoms. The second-order valence-corrected chi connectivity index (χ2v) is 13.8. The number of hydrogen-bond donors (Lipinski definition) is 0. The van der Waals surface area contributed by atoms with E-state index in [1.54, 1.807) is 0 Å². The van der Waals surface area contributed by atoms with E-state index in [-0.39, 0.29) is 0 Å². The minimum absolute atomic E-state index is 0.310. The highest BCUT2D eigenvalue weighted by atomic mass is 15.1. The van der Waals surface area contributed by atoms with Gasteiger partial charge in [0.1, 0.15) is 0 Å². The van der Waals surface area contributed by atoms with Crippen molar-refractivity contribution in [2.24, 2.45) is 5.92 Å². The van der Waals surface area contributed by atoms with Crippen LogP contribution in [0.3, 0.4) is 0 Å². The monoisotopic (exact) mass is 664 g/mol. The maximum atomic E-state index is 2.46. The fourth-order valence-electron chi connectivity index (χ4n) is 8.19. The number of para-hydroxylation sites is 3. The molecular weight excluding hydrogens is 629 g/mol. The average Bonchev–Trinajstić information content (AvgIpc) is 3.55. The Bertz CT molecular complexity index is 2750. The highest BCUT2D eigenvalue weighted by Crippen LogP contribution is 2.46. The zero-order valence-electron chi connectivity index (χ0n) is 28.7. The number of anilines is 3. The Labute approximate surface area is 304 Å². The van der Waals surface area contributed by atoms with E-state index < -0.39 is 0 Å². The molecule has 2 aliphatic rings. The number of aromatic nitrogens is 1. The lowest BCUT2D eigenvalue weighted by Gasteiger charge is -2.31. The molecule has 246 valence electrons. The molecule has 7 aromatic carbocycles. The van der Waals surface area contributed by atoms with Gasteiger partial charge in [-0.2, -0.15) is 0 Å². The topological polar surface area (TPSA) is 8.17 Å². The van der Waals surface area contributed by atoms with Crippen molar-refractivity contribution < 1.29 is 0 Å². The molecule has 0 fully saturated rings. The average molecular weight is 665 g/mol. The summed E-state index contributed by atoms with van der Waals surface area (Å²) >= 11 is 0. The van der Waals surface area contributed by atoms with Crippen LogP contribution >= 0.6 is 0 Å². The van der Waals surface area contributed by atoms with E-state index in [2.05, 4.69) is 210 Å². The first-order valence-corrected chi connectivity index (χ1v) is 18.1. The van der Waals surface area contributed by atoms with Crippen molar-refractivity contribution in [1.29, 1.82) is 0 Å². The molecule has 2 aliphatic carbocycles. The first-order valence-electron chi connectivity index (χ1n) is 18.1. The van der Waals surface area contributed by atoms with Gasteiger partial charge in [-0.15, -0.1) is 0 Å². The molecule has 0 amide bonds. The van der Waals surface area contributed by atoms with Crippen LogP contribution in [0, 0.1) is 5.92 Å². The van der Waals surface area contributed by atoms with E-state index in [9.17, 15) is 0 Å². The number of hydrogen-bond acceptors (Lipinski definition) is 1. The SMILES string of the molecule is C1=CC2=CC=C(c3cc4ccccc4cc3N(c3ccccc3)c3ccc4c(c3)c3ccccc3n4-c3ccccc3)CC2C=C1c1ccccc1. The van der Waals surface area contributed by atoms with Gasteiger partial charge in [0.05, 0.1) is 16.7 Å². The molecule has 1 aromatic heterocycles. The van der Waals surface area contributed by atoms with Gasteiger partial charge in [-0.3, -0.25) is 0 Å². The summed E-state index contributed by atoms with van der Waals surface area (Å²) in [7, 11) is 0. The molecule has 10 rings (SSSR count).